The van der Waals surface area contributed by atoms with Gasteiger partial charge in [-0.1, -0.05) is 6.07 Å². The fourth-order valence-electron chi connectivity index (χ4n) is 4.52. The highest BCUT2D eigenvalue weighted by atomic mass is 16.5. The van der Waals surface area contributed by atoms with Gasteiger partial charge in [0.1, 0.15) is 11.5 Å². The van der Waals surface area contributed by atoms with Crippen LogP contribution in [-0.2, 0) is 20.8 Å². The molecule has 3 aromatic rings. The summed E-state index contributed by atoms with van der Waals surface area (Å²) in [4.78, 5) is 43.4. The summed E-state index contributed by atoms with van der Waals surface area (Å²) in [6.07, 6.45) is 4.84. The number of aliphatic hydroxyl groups excluding tert-OH is 1. The highest BCUT2D eigenvalue weighted by Crippen LogP contribution is 2.42. The van der Waals surface area contributed by atoms with Crippen molar-refractivity contribution in [2.45, 2.75) is 25.8 Å². The summed E-state index contributed by atoms with van der Waals surface area (Å²) in [6.45, 7) is 2.05. The summed E-state index contributed by atoms with van der Waals surface area (Å²) in [5.74, 6) is -1.24. The van der Waals surface area contributed by atoms with Gasteiger partial charge in [0.2, 0.25) is 5.91 Å². The molecular formula is C27H23N3O5. The maximum Gasteiger partial charge on any atom is 0.300 e. The minimum absolute atomic E-state index is 0.00869. The molecule has 2 amide bonds. The summed E-state index contributed by atoms with van der Waals surface area (Å²) < 4.78 is 5.66. The number of hydrogen-bond acceptors (Lipinski definition) is 6. The molecular weight excluding hydrogens is 446 g/mol. The van der Waals surface area contributed by atoms with E-state index in [1.165, 1.54) is 11.8 Å². The molecule has 0 saturated carbocycles. The average molecular weight is 469 g/mol. The maximum atomic E-state index is 13.3. The number of Topliss-reactive ketones (excluding diaryl/α,β-unsaturated/α-hetero) is 1. The zero-order valence-electron chi connectivity index (χ0n) is 19.0. The van der Waals surface area contributed by atoms with Crippen molar-refractivity contribution in [1.82, 2.24) is 4.98 Å². The Bertz CT molecular complexity index is 1350. The molecule has 1 saturated heterocycles. The molecule has 1 atom stereocenters. The first-order valence-electron chi connectivity index (χ1n) is 11.3. The Morgan fingerprint density at radius 3 is 2.66 bits per heavy atom. The molecule has 35 heavy (non-hydrogen) atoms. The van der Waals surface area contributed by atoms with Crippen molar-refractivity contribution in [3.8, 4) is 5.75 Å². The second kappa shape index (κ2) is 9.06. The fraction of sp³-hybridized carbons (Fsp3) is 0.185. The number of rotatable bonds is 4. The molecule has 8 nitrogen and oxygen atoms in total. The third-order valence-corrected chi connectivity index (χ3v) is 6.09. The average Bonchev–Trinajstić information content (AvgIpc) is 3.14. The smallest absolute Gasteiger partial charge is 0.300 e. The number of carbonyl (C=O) groups is 3. The van der Waals surface area contributed by atoms with E-state index >= 15 is 0 Å². The van der Waals surface area contributed by atoms with Crippen LogP contribution in [0.1, 0.15) is 36.1 Å². The molecule has 1 unspecified atom stereocenters. The lowest BCUT2D eigenvalue weighted by Gasteiger charge is -2.25. The third-order valence-electron chi connectivity index (χ3n) is 6.09. The first-order valence-corrected chi connectivity index (χ1v) is 11.3. The highest BCUT2D eigenvalue weighted by molar-refractivity contribution is 6.51. The van der Waals surface area contributed by atoms with E-state index in [1.807, 2.05) is 0 Å². The number of ketones is 1. The topological polar surface area (TPSA) is 109 Å². The first-order chi connectivity index (χ1) is 16.9. The van der Waals surface area contributed by atoms with E-state index in [9.17, 15) is 19.5 Å². The number of carbonyl (C=O) groups excluding carboxylic acids is 3. The first kappa shape index (κ1) is 22.3. The van der Waals surface area contributed by atoms with Crippen LogP contribution < -0.4 is 15.0 Å². The van der Waals surface area contributed by atoms with E-state index in [0.29, 0.717) is 29.1 Å². The van der Waals surface area contributed by atoms with Gasteiger partial charge in [-0.3, -0.25) is 24.3 Å². The van der Waals surface area contributed by atoms with Crippen LogP contribution in [0.25, 0.3) is 5.76 Å². The van der Waals surface area contributed by atoms with Crippen LogP contribution in [0, 0.1) is 0 Å². The van der Waals surface area contributed by atoms with Gasteiger partial charge < -0.3 is 15.2 Å². The molecule has 0 radical (unpaired) electrons. The van der Waals surface area contributed by atoms with Crippen molar-refractivity contribution in [2.75, 3.05) is 16.8 Å². The van der Waals surface area contributed by atoms with Crippen LogP contribution in [0.4, 0.5) is 11.4 Å². The minimum atomic E-state index is -0.873. The summed E-state index contributed by atoms with van der Waals surface area (Å²) >= 11 is 0. The number of amides is 2. The van der Waals surface area contributed by atoms with E-state index in [4.69, 9.17) is 4.74 Å². The van der Waals surface area contributed by atoms with Crippen LogP contribution in [-0.4, -0.2) is 34.3 Å². The van der Waals surface area contributed by atoms with Crippen LogP contribution in [0.5, 0.6) is 5.75 Å². The number of benzene rings is 2. The predicted octanol–water partition coefficient (Wildman–Crippen LogP) is 3.99. The molecule has 2 aliphatic heterocycles. The van der Waals surface area contributed by atoms with Gasteiger partial charge in [-0.15, -0.1) is 0 Å². The largest absolute Gasteiger partial charge is 0.507 e. The molecule has 5 rings (SSSR count). The second-order valence-corrected chi connectivity index (χ2v) is 8.46. The highest BCUT2D eigenvalue weighted by Gasteiger charge is 2.47. The second-order valence-electron chi connectivity index (χ2n) is 8.46. The molecule has 0 aliphatic carbocycles. The molecule has 0 spiro atoms. The molecule has 1 fully saturated rings. The molecule has 2 aliphatic rings. The Hall–Kier alpha value is -4.46. The number of nitrogens with one attached hydrogen (secondary N) is 1. The SMILES string of the molecule is CC(=O)Nc1ccc(N2C(=O)C(=O)/C(=C(\O)c3ccc4c(c3)CCCO4)C2c2cccnc2)cc1. The van der Waals surface area contributed by atoms with E-state index in [2.05, 4.69) is 10.3 Å². The molecule has 2 N–H and O–H groups in total. The number of ether oxygens (including phenoxy) is 1. The summed E-state index contributed by atoms with van der Waals surface area (Å²) in [7, 11) is 0. The van der Waals surface area contributed by atoms with Gasteiger partial charge in [0.05, 0.1) is 18.2 Å². The van der Waals surface area contributed by atoms with Crippen molar-refractivity contribution in [3.63, 3.8) is 0 Å². The zero-order valence-corrected chi connectivity index (χ0v) is 19.0. The van der Waals surface area contributed by atoms with Crippen molar-refractivity contribution in [2.24, 2.45) is 0 Å². The van der Waals surface area contributed by atoms with Gasteiger partial charge in [-0.2, -0.15) is 0 Å². The van der Waals surface area contributed by atoms with Crippen molar-refractivity contribution >= 4 is 34.7 Å². The van der Waals surface area contributed by atoms with E-state index in [0.717, 1.165) is 24.2 Å². The lowest BCUT2D eigenvalue weighted by Crippen LogP contribution is -2.29. The Labute approximate surface area is 201 Å². The molecule has 0 bridgehead atoms. The van der Waals surface area contributed by atoms with Gasteiger partial charge in [0.25, 0.3) is 11.7 Å². The summed E-state index contributed by atoms with van der Waals surface area (Å²) in [5.41, 5.74) is 2.98. The Morgan fingerprint density at radius 1 is 1.14 bits per heavy atom. The maximum absolute atomic E-state index is 13.3. The Morgan fingerprint density at radius 2 is 1.94 bits per heavy atom. The number of hydrogen-bond donors (Lipinski definition) is 2. The van der Waals surface area contributed by atoms with Crippen molar-refractivity contribution < 1.29 is 24.2 Å². The minimum Gasteiger partial charge on any atom is -0.507 e. The van der Waals surface area contributed by atoms with Gasteiger partial charge in [0.15, 0.2) is 0 Å². The molecule has 1 aromatic heterocycles. The van der Waals surface area contributed by atoms with Crippen molar-refractivity contribution in [3.05, 3.63) is 89.3 Å². The predicted molar refractivity (Wildman–Crippen MR) is 130 cm³/mol. The zero-order chi connectivity index (χ0) is 24.5. The van der Waals surface area contributed by atoms with Crippen LogP contribution in [0.15, 0.2) is 72.6 Å². The number of anilines is 2. The van der Waals surface area contributed by atoms with E-state index in [-0.39, 0.29) is 17.2 Å². The fourth-order valence-corrected chi connectivity index (χ4v) is 4.52. The summed E-state index contributed by atoms with van der Waals surface area (Å²) in [5, 5.41) is 14.0. The van der Waals surface area contributed by atoms with Crippen LogP contribution in [0.2, 0.25) is 0 Å². The molecule has 2 aromatic carbocycles. The van der Waals surface area contributed by atoms with Gasteiger partial charge in [-0.05, 0) is 72.5 Å². The number of aliphatic hydroxyl groups is 1. The normalized spacial score (nSPS) is 18.7. The molecule has 176 valence electrons. The number of aryl methyl sites for hydroxylation is 1. The number of pyridine rings is 1. The van der Waals surface area contributed by atoms with E-state index < -0.39 is 17.7 Å². The van der Waals surface area contributed by atoms with Gasteiger partial charge in [0, 0.05) is 36.3 Å². The lowest BCUT2D eigenvalue weighted by molar-refractivity contribution is -0.132. The lowest BCUT2D eigenvalue weighted by atomic mass is 9.94. The van der Waals surface area contributed by atoms with Crippen LogP contribution in [0.3, 0.4) is 0 Å². The summed E-state index contributed by atoms with van der Waals surface area (Å²) in [6, 6.07) is 14.5. The van der Waals surface area contributed by atoms with E-state index in [1.54, 1.807) is 67.0 Å². The number of aromatic nitrogens is 1. The number of nitrogens with zero attached hydrogens (tertiary/aromatic N) is 2. The molecule has 3 heterocycles. The van der Waals surface area contributed by atoms with Crippen molar-refractivity contribution in [1.29, 1.82) is 0 Å². The quantitative estimate of drug-likeness (QED) is 0.340. The third kappa shape index (κ3) is 4.14. The van der Waals surface area contributed by atoms with Gasteiger partial charge in [-0.25, -0.2) is 0 Å². The van der Waals surface area contributed by atoms with Gasteiger partial charge >= 0.3 is 0 Å². The Balaban J connectivity index is 1.62. The molecule has 8 heteroatoms. The van der Waals surface area contributed by atoms with Crippen LogP contribution >= 0.6 is 0 Å². The standard InChI is InChI=1S/C27H23N3O5/c1-16(31)29-20-7-9-21(10-8-20)30-24(19-4-2-12-28-15-19)23(26(33)27(30)34)25(32)18-6-11-22-17(14-18)5-3-13-35-22/h2,4,6-12,14-15,24,32H,3,5,13H2,1H3,(H,29,31)/b25-23-. The number of fused-ring (bicyclic) bond motifs is 1. The monoisotopic (exact) mass is 469 g/mol. The Kier molecular flexibility index (Phi) is 5.78.